The highest BCUT2D eigenvalue weighted by Crippen LogP contribution is 2.30. The van der Waals surface area contributed by atoms with E-state index in [4.69, 9.17) is 9.47 Å². The number of likely N-dealkylation sites (N-methyl/N-ethyl adjacent to an activating group) is 2. The van der Waals surface area contributed by atoms with Crippen molar-refractivity contribution in [1.29, 1.82) is 0 Å². The first-order chi connectivity index (χ1) is 27.7. The SMILES string of the molecule is CC[C@H](C)[C@@H]([C@@H](CC(=O)N1CCC[C@H]1[C@H](OC)[C@@H](C)C(=O)N[C@@H](Cc1ccc(O)cc1)C(=O)NS(=O)(=O)C1CC1)OC)N(C)C(=O)[C@@H](NC(=O)[C@@H](NC)C(C)C)C(C)C. The second kappa shape index (κ2) is 22.2. The number of hydrogen-bond acceptors (Lipinski definition) is 11. The standard InChI is InChI=1S/C42H70N6O10S/c1-12-26(6)37(47(9)42(54)36(25(4)5)45-41(53)35(43-8)24(2)3)33(57-10)23-34(50)48-21-13-14-32(48)38(58-11)27(7)39(51)44-31(22-28-15-17-29(49)18-16-28)40(52)46-59(55,56)30-19-20-30/h15-18,24-27,30-33,35-38,43,49H,12-14,19-23H2,1-11H3,(H,44,51)(H,45,53)(H,46,52)/t26-,27+,31-,32-,33+,35-,36-,37-,38+/m0/s1. The van der Waals surface area contributed by atoms with E-state index in [1.165, 1.54) is 26.4 Å². The first-order valence-electron chi connectivity index (χ1n) is 21.0. The van der Waals surface area contributed by atoms with E-state index in [0.29, 0.717) is 44.2 Å². The van der Waals surface area contributed by atoms with Crippen LogP contribution in [0.3, 0.4) is 0 Å². The lowest BCUT2D eigenvalue weighted by Crippen LogP contribution is -2.59. The summed E-state index contributed by atoms with van der Waals surface area (Å²) in [6, 6.07) is 2.47. The number of nitrogens with zero attached hydrogens (tertiary/aromatic N) is 2. The maximum Gasteiger partial charge on any atom is 0.256 e. The second-order valence-corrected chi connectivity index (χ2v) is 18.9. The number of phenolic OH excluding ortho intramolecular Hbond substituents is 1. The Kier molecular flexibility index (Phi) is 18.6. The highest BCUT2D eigenvalue weighted by atomic mass is 32.2. The molecule has 0 radical (unpaired) electrons. The Balaban J connectivity index is 1.81. The van der Waals surface area contributed by atoms with Crippen molar-refractivity contribution in [2.75, 3.05) is 34.9 Å². The van der Waals surface area contributed by atoms with Crippen LogP contribution in [0.15, 0.2) is 24.3 Å². The minimum atomic E-state index is -3.90. The number of likely N-dealkylation sites (tertiary alicyclic amines) is 1. The highest BCUT2D eigenvalue weighted by Gasteiger charge is 2.44. The quantitative estimate of drug-likeness (QED) is 0.108. The van der Waals surface area contributed by atoms with Crippen molar-refractivity contribution in [3.63, 3.8) is 0 Å². The molecule has 0 unspecified atom stereocenters. The van der Waals surface area contributed by atoms with Gasteiger partial charge in [0, 0.05) is 34.2 Å². The minimum absolute atomic E-state index is 0.000362. The molecule has 1 saturated heterocycles. The minimum Gasteiger partial charge on any atom is -0.508 e. The first-order valence-corrected chi connectivity index (χ1v) is 22.5. The number of methoxy groups -OCH3 is 2. The van der Waals surface area contributed by atoms with Crippen LogP contribution in [0.25, 0.3) is 0 Å². The van der Waals surface area contributed by atoms with Gasteiger partial charge in [-0.2, -0.15) is 0 Å². The van der Waals surface area contributed by atoms with Gasteiger partial charge in [0.05, 0.1) is 47.9 Å². The lowest BCUT2D eigenvalue weighted by molar-refractivity contribution is -0.148. The molecule has 17 heteroatoms. The maximum atomic E-state index is 14.3. The van der Waals surface area contributed by atoms with Gasteiger partial charge in [-0.3, -0.25) is 28.7 Å². The van der Waals surface area contributed by atoms with Crippen molar-refractivity contribution in [2.24, 2.45) is 23.7 Å². The van der Waals surface area contributed by atoms with E-state index in [0.717, 1.165) is 0 Å². The van der Waals surface area contributed by atoms with Crippen LogP contribution in [-0.4, -0.2) is 135 Å². The fourth-order valence-corrected chi connectivity index (χ4v) is 9.45. The number of phenols is 1. The van der Waals surface area contributed by atoms with Gasteiger partial charge in [-0.05, 0) is 68.2 Å². The third kappa shape index (κ3) is 13.1. The van der Waals surface area contributed by atoms with Gasteiger partial charge < -0.3 is 40.3 Å². The Morgan fingerprint density at radius 3 is 2.00 bits per heavy atom. The van der Waals surface area contributed by atoms with E-state index in [9.17, 15) is 37.5 Å². The predicted octanol–water partition coefficient (Wildman–Crippen LogP) is 2.33. The highest BCUT2D eigenvalue weighted by molar-refractivity contribution is 7.90. The molecule has 0 bridgehead atoms. The summed E-state index contributed by atoms with van der Waals surface area (Å²) in [5.74, 6) is -3.38. The summed E-state index contributed by atoms with van der Waals surface area (Å²) < 4.78 is 39.4. The third-order valence-corrected chi connectivity index (χ3v) is 13.8. The molecule has 2 fully saturated rings. The summed E-state index contributed by atoms with van der Waals surface area (Å²) in [5.41, 5.74) is 0.587. The van der Waals surface area contributed by atoms with Crippen LogP contribution in [0.4, 0.5) is 0 Å². The van der Waals surface area contributed by atoms with Gasteiger partial charge in [0.15, 0.2) is 0 Å². The largest absolute Gasteiger partial charge is 0.508 e. The molecular weight excluding hydrogens is 781 g/mol. The Hall–Kier alpha value is -3.80. The molecule has 334 valence electrons. The Morgan fingerprint density at radius 1 is 0.881 bits per heavy atom. The second-order valence-electron chi connectivity index (χ2n) is 17.0. The van der Waals surface area contributed by atoms with Gasteiger partial charge in [-0.1, -0.05) is 67.0 Å². The van der Waals surface area contributed by atoms with E-state index in [1.807, 2.05) is 41.5 Å². The molecule has 1 saturated carbocycles. The maximum absolute atomic E-state index is 14.3. The zero-order chi connectivity index (χ0) is 44.4. The topological polar surface area (TPSA) is 213 Å². The van der Waals surface area contributed by atoms with E-state index in [2.05, 4.69) is 20.7 Å². The van der Waals surface area contributed by atoms with Gasteiger partial charge >= 0.3 is 0 Å². The molecule has 0 aromatic heterocycles. The fraction of sp³-hybridized carbons (Fsp3) is 0.738. The normalized spacial score (nSPS) is 19.9. The van der Waals surface area contributed by atoms with E-state index < -0.39 is 75.4 Å². The number of nitrogens with one attached hydrogen (secondary N) is 4. The van der Waals surface area contributed by atoms with Crippen LogP contribution in [0.1, 0.15) is 92.6 Å². The molecule has 9 atom stereocenters. The molecule has 5 N–H and O–H groups in total. The average Bonchev–Trinajstić information content (AvgIpc) is 3.95. The third-order valence-electron chi connectivity index (χ3n) is 12.0. The smallest absolute Gasteiger partial charge is 0.256 e. The lowest BCUT2D eigenvalue weighted by Gasteiger charge is -2.41. The number of benzene rings is 1. The van der Waals surface area contributed by atoms with Crippen LogP contribution in [0.5, 0.6) is 5.75 Å². The number of rotatable bonds is 23. The molecule has 5 amide bonds. The molecule has 1 aliphatic heterocycles. The van der Waals surface area contributed by atoms with Crippen molar-refractivity contribution in [2.45, 2.75) is 141 Å². The van der Waals surface area contributed by atoms with Crippen LogP contribution in [-0.2, 0) is 49.9 Å². The summed E-state index contributed by atoms with van der Waals surface area (Å²) in [4.78, 5) is 72.3. The number of aromatic hydroxyl groups is 1. The molecule has 3 rings (SSSR count). The zero-order valence-electron chi connectivity index (χ0n) is 36.8. The summed E-state index contributed by atoms with van der Waals surface area (Å²) in [7, 11) is 2.46. The molecule has 1 aliphatic carbocycles. The summed E-state index contributed by atoms with van der Waals surface area (Å²) in [6.45, 7) is 13.7. The van der Waals surface area contributed by atoms with Crippen molar-refractivity contribution in [3.05, 3.63) is 29.8 Å². The fourth-order valence-electron chi connectivity index (χ4n) is 8.10. The Bertz CT molecular complexity index is 1690. The Morgan fingerprint density at radius 2 is 1.49 bits per heavy atom. The van der Waals surface area contributed by atoms with E-state index >= 15 is 0 Å². The molecule has 1 aromatic carbocycles. The molecule has 59 heavy (non-hydrogen) atoms. The number of amides is 5. The van der Waals surface area contributed by atoms with Crippen molar-refractivity contribution < 1.29 is 47.0 Å². The lowest BCUT2D eigenvalue weighted by atomic mass is 9.89. The van der Waals surface area contributed by atoms with Crippen molar-refractivity contribution in [3.8, 4) is 5.75 Å². The van der Waals surface area contributed by atoms with E-state index in [1.54, 1.807) is 43.0 Å². The van der Waals surface area contributed by atoms with Crippen LogP contribution in [0, 0.1) is 23.7 Å². The molecule has 0 spiro atoms. The van der Waals surface area contributed by atoms with Gasteiger partial charge in [-0.25, -0.2) is 8.42 Å². The molecule has 2 aliphatic rings. The molecule has 1 aromatic rings. The Labute approximate surface area is 351 Å². The van der Waals surface area contributed by atoms with Gasteiger partial charge in [-0.15, -0.1) is 0 Å². The van der Waals surface area contributed by atoms with Crippen molar-refractivity contribution in [1.82, 2.24) is 30.5 Å². The summed E-state index contributed by atoms with van der Waals surface area (Å²) in [6.07, 6.45) is 1.20. The summed E-state index contributed by atoms with van der Waals surface area (Å²) in [5, 5.41) is 17.8. The monoisotopic (exact) mass is 850 g/mol. The van der Waals surface area contributed by atoms with Gasteiger partial charge in [0.2, 0.25) is 33.7 Å². The first kappa shape index (κ1) is 49.6. The van der Waals surface area contributed by atoms with Gasteiger partial charge in [0.1, 0.15) is 17.8 Å². The molecule has 16 nitrogen and oxygen atoms in total. The predicted molar refractivity (Wildman–Crippen MR) is 224 cm³/mol. The molecular formula is C42H70N6O10S. The van der Waals surface area contributed by atoms with Crippen LogP contribution < -0.4 is 20.7 Å². The van der Waals surface area contributed by atoms with Crippen LogP contribution in [0.2, 0.25) is 0 Å². The summed E-state index contributed by atoms with van der Waals surface area (Å²) >= 11 is 0. The number of carbonyl (C=O) groups excluding carboxylic acids is 5. The van der Waals surface area contributed by atoms with Gasteiger partial charge in [0.25, 0.3) is 5.91 Å². The van der Waals surface area contributed by atoms with Crippen LogP contribution >= 0.6 is 0 Å². The number of hydrogen-bond donors (Lipinski definition) is 5. The number of carbonyl (C=O) groups is 5. The van der Waals surface area contributed by atoms with Crippen molar-refractivity contribution >= 4 is 39.6 Å². The molecule has 1 heterocycles. The zero-order valence-corrected chi connectivity index (χ0v) is 37.6. The van der Waals surface area contributed by atoms with E-state index in [-0.39, 0.29) is 54.1 Å². The number of ether oxygens (including phenoxy) is 2. The average molecular weight is 851 g/mol. The number of sulfonamides is 1.